The number of carbonyl (C=O) groups excluding carboxylic acids is 2. The number of benzene rings is 2. The van der Waals surface area contributed by atoms with E-state index in [1.807, 2.05) is 66.7 Å². The maximum Gasteiger partial charge on any atom is 0.608 e. The SMILES string of the molecule is O=C1C[N+]2([C@@H]3CCC[C@H]3OCc3ccccc3)CC(=O)O[B-]2(C=Cc2ccccc2)O1. The van der Waals surface area contributed by atoms with Crippen LogP contribution in [0.4, 0.5) is 0 Å². The Balaban J connectivity index is 1.45. The van der Waals surface area contributed by atoms with Crippen molar-refractivity contribution in [2.45, 2.75) is 38.0 Å². The minimum Gasteiger partial charge on any atom is -0.596 e. The lowest BCUT2D eigenvalue weighted by Crippen LogP contribution is -2.68. The van der Waals surface area contributed by atoms with Crippen LogP contribution in [0.15, 0.2) is 66.6 Å². The van der Waals surface area contributed by atoms with Gasteiger partial charge in [-0.2, -0.15) is 0 Å². The van der Waals surface area contributed by atoms with Gasteiger partial charge in [0.25, 0.3) is 0 Å². The largest absolute Gasteiger partial charge is 0.608 e. The predicted octanol–water partition coefficient (Wildman–Crippen LogP) is 3.25. The second kappa shape index (κ2) is 7.98. The van der Waals surface area contributed by atoms with Crippen LogP contribution in [0, 0.1) is 0 Å². The number of carbonyl (C=O) groups is 2. The van der Waals surface area contributed by atoms with Gasteiger partial charge in [0.2, 0.25) is 0 Å². The first-order chi connectivity index (χ1) is 15.1. The van der Waals surface area contributed by atoms with Crippen LogP contribution in [-0.2, 0) is 30.2 Å². The maximum atomic E-state index is 12.5. The van der Waals surface area contributed by atoms with Crippen molar-refractivity contribution in [3.8, 4) is 0 Å². The van der Waals surface area contributed by atoms with Gasteiger partial charge in [0.1, 0.15) is 19.2 Å². The first-order valence-electron chi connectivity index (χ1n) is 10.9. The zero-order chi connectivity index (χ0) is 21.3. The molecular formula is C24H26BNO5. The van der Waals surface area contributed by atoms with Gasteiger partial charge in [0.15, 0.2) is 0 Å². The average Bonchev–Trinajstić information content (AvgIpc) is 3.42. The number of quaternary nitrogens is 1. The smallest absolute Gasteiger partial charge is 0.596 e. The summed E-state index contributed by atoms with van der Waals surface area (Å²) in [5.41, 5.74) is 2.07. The Hall–Kier alpha value is -2.90. The number of rotatable bonds is 6. The molecule has 2 aromatic carbocycles. The van der Waals surface area contributed by atoms with E-state index in [9.17, 15) is 9.59 Å². The molecule has 1 saturated carbocycles. The number of hydrogen-bond acceptors (Lipinski definition) is 5. The van der Waals surface area contributed by atoms with E-state index < -0.39 is 6.69 Å². The molecule has 3 fully saturated rings. The molecule has 2 aromatic rings. The second-order valence-electron chi connectivity index (χ2n) is 8.73. The van der Waals surface area contributed by atoms with E-state index in [0.717, 1.165) is 30.4 Å². The first kappa shape index (κ1) is 20.0. The molecule has 1 aliphatic carbocycles. The van der Waals surface area contributed by atoms with Gasteiger partial charge >= 0.3 is 18.6 Å². The second-order valence-corrected chi connectivity index (χ2v) is 8.73. The molecule has 7 heteroatoms. The average molecular weight is 419 g/mol. The molecular weight excluding hydrogens is 393 g/mol. The van der Waals surface area contributed by atoms with Crippen LogP contribution in [0.2, 0.25) is 0 Å². The van der Waals surface area contributed by atoms with Crippen LogP contribution in [0.3, 0.4) is 0 Å². The predicted molar refractivity (Wildman–Crippen MR) is 116 cm³/mol. The summed E-state index contributed by atoms with van der Waals surface area (Å²) in [6.07, 6.45) is 4.58. The fourth-order valence-electron chi connectivity index (χ4n) is 5.49. The van der Waals surface area contributed by atoms with Gasteiger partial charge in [-0.15, -0.1) is 0 Å². The van der Waals surface area contributed by atoms with Gasteiger partial charge in [-0.25, -0.2) is 0 Å². The molecule has 0 bridgehead atoms. The summed E-state index contributed by atoms with van der Waals surface area (Å²) in [5.74, 6) is 1.16. The Morgan fingerprint density at radius 3 is 2.26 bits per heavy atom. The van der Waals surface area contributed by atoms with Crippen LogP contribution < -0.4 is 0 Å². The maximum absolute atomic E-state index is 12.5. The standard InChI is InChI=1S/C24H26BNO5/c27-23-16-26(21-12-7-13-22(21)29-18-20-10-5-2-6-11-20)17-24(28)31-25(26,30-23)15-14-19-8-3-1-4-9-19/h1-6,8-11,14-15,21-22H,7,12-13,16-18H2/t21-,22-,25?,26?/m1/s1. The summed E-state index contributed by atoms with van der Waals surface area (Å²) in [5, 5.41) is 0. The Morgan fingerprint density at radius 1 is 0.935 bits per heavy atom. The van der Waals surface area contributed by atoms with E-state index in [0.29, 0.717) is 6.61 Å². The quantitative estimate of drug-likeness (QED) is 0.673. The lowest BCUT2D eigenvalue weighted by Gasteiger charge is -2.48. The molecule has 0 N–H and O–H groups in total. The van der Waals surface area contributed by atoms with Gasteiger partial charge in [-0.05, 0) is 30.4 Å². The molecule has 31 heavy (non-hydrogen) atoms. The molecule has 0 unspecified atom stereocenters. The minimum absolute atomic E-state index is 0.0259. The van der Waals surface area contributed by atoms with Crippen molar-refractivity contribution in [3.05, 3.63) is 77.8 Å². The van der Waals surface area contributed by atoms with E-state index in [1.165, 1.54) is 0 Å². The highest BCUT2D eigenvalue weighted by Crippen LogP contribution is 2.45. The molecule has 160 valence electrons. The van der Waals surface area contributed by atoms with Crippen LogP contribution >= 0.6 is 0 Å². The van der Waals surface area contributed by atoms with Crippen LogP contribution in [-0.4, -0.2) is 48.3 Å². The van der Waals surface area contributed by atoms with E-state index in [4.69, 9.17) is 14.0 Å². The Morgan fingerprint density at radius 2 is 1.58 bits per heavy atom. The number of ether oxygens (including phenoxy) is 1. The Bertz CT molecular complexity index is 974. The molecule has 2 atom stereocenters. The molecule has 5 rings (SSSR count). The normalized spacial score (nSPS) is 32.3. The number of hydrogen-bond donors (Lipinski definition) is 0. The third kappa shape index (κ3) is 3.58. The molecule has 0 amide bonds. The summed E-state index contributed by atoms with van der Waals surface area (Å²) < 4.78 is 18.1. The third-order valence-electron chi connectivity index (χ3n) is 6.88. The summed E-state index contributed by atoms with van der Waals surface area (Å²) in [4.78, 5) is 25.1. The molecule has 6 nitrogen and oxygen atoms in total. The third-order valence-corrected chi connectivity index (χ3v) is 6.88. The summed E-state index contributed by atoms with van der Waals surface area (Å²) in [7, 11) is 0. The topological polar surface area (TPSA) is 61.8 Å². The molecule has 0 aromatic heterocycles. The minimum atomic E-state index is -2.27. The van der Waals surface area contributed by atoms with E-state index in [2.05, 4.69) is 0 Å². The zero-order valence-electron chi connectivity index (χ0n) is 17.4. The van der Waals surface area contributed by atoms with Crippen molar-refractivity contribution in [3.63, 3.8) is 0 Å². The van der Waals surface area contributed by atoms with Gasteiger partial charge in [-0.1, -0.05) is 72.7 Å². The van der Waals surface area contributed by atoms with Gasteiger partial charge in [0.05, 0.1) is 12.6 Å². The fourth-order valence-corrected chi connectivity index (χ4v) is 5.49. The molecule has 0 radical (unpaired) electrons. The van der Waals surface area contributed by atoms with Gasteiger partial charge < -0.3 is 18.4 Å². The molecule has 2 saturated heterocycles. The summed E-state index contributed by atoms with van der Waals surface area (Å²) >= 11 is 0. The first-order valence-corrected chi connectivity index (χ1v) is 10.9. The monoisotopic (exact) mass is 419 g/mol. The molecule has 0 spiro atoms. The fraction of sp³-hybridized carbons (Fsp3) is 0.333. The summed E-state index contributed by atoms with van der Waals surface area (Å²) in [6, 6.07) is 19.8. The van der Waals surface area contributed by atoms with Crippen molar-refractivity contribution >= 4 is 24.7 Å². The van der Waals surface area contributed by atoms with Gasteiger partial charge in [0, 0.05) is 0 Å². The van der Waals surface area contributed by atoms with Crippen molar-refractivity contribution in [2.75, 3.05) is 13.1 Å². The van der Waals surface area contributed by atoms with E-state index in [1.54, 1.807) is 5.98 Å². The van der Waals surface area contributed by atoms with Crippen molar-refractivity contribution < 1.29 is 28.0 Å². The molecule has 3 aliphatic rings. The lowest BCUT2D eigenvalue weighted by atomic mass is 9.65. The number of fused-ring (bicyclic) bond motifs is 1. The highest BCUT2D eigenvalue weighted by molar-refractivity contribution is 6.71. The summed E-state index contributed by atoms with van der Waals surface area (Å²) in [6.45, 7) is -1.48. The van der Waals surface area contributed by atoms with Crippen molar-refractivity contribution in [1.82, 2.24) is 0 Å². The Kier molecular flexibility index (Phi) is 5.16. The highest BCUT2D eigenvalue weighted by Gasteiger charge is 2.69. The van der Waals surface area contributed by atoms with E-state index >= 15 is 0 Å². The highest BCUT2D eigenvalue weighted by atomic mass is 16.7. The van der Waals surface area contributed by atoms with Crippen LogP contribution in [0.25, 0.3) is 6.08 Å². The molecule has 2 aliphatic heterocycles. The van der Waals surface area contributed by atoms with Crippen LogP contribution in [0.5, 0.6) is 0 Å². The Labute approximate surface area is 182 Å². The van der Waals surface area contributed by atoms with Crippen LogP contribution in [0.1, 0.15) is 30.4 Å². The zero-order valence-corrected chi connectivity index (χ0v) is 17.4. The van der Waals surface area contributed by atoms with E-state index in [-0.39, 0.29) is 41.6 Å². The van der Waals surface area contributed by atoms with Gasteiger partial charge in [-0.3, -0.25) is 9.59 Å². The number of nitrogens with zero attached hydrogens (tertiary/aromatic N) is 1. The lowest BCUT2D eigenvalue weighted by molar-refractivity contribution is -0.844. The molecule has 2 heterocycles. The van der Waals surface area contributed by atoms with Crippen molar-refractivity contribution in [1.29, 1.82) is 0 Å². The van der Waals surface area contributed by atoms with Crippen molar-refractivity contribution in [2.24, 2.45) is 0 Å².